The van der Waals surface area contributed by atoms with E-state index in [-0.39, 0.29) is 11.4 Å². The van der Waals surface area contributed by atoms with Crippen molar-refractivity contribution < 1.29 is 17.6 Å². The highest BCUT2D eigenvalue weighted by Crippen LogP contribution is 2.23. The molecule has 0 fully saturated rings. The van der Waals surface area contributed by atoms with Gasteiger partial charge in [0.2, 0.25) is 5.91 Å². The fourth-order valence-corrected chi connectivity index (χ4v) is 5.40. The van der Waals surface area contributed by atoms with Crippen LogP contribution in [0.4, 0.5) is 10.1 Å². The van der Waals surface area contributed by atoms with Crippen molar-refractivity contribution in [3.05, 3.63) is 95.8 Å². The Labute approximate surface area is 192 Å². The van der Waals surface area contributed by atoms with Crippen LogP contribution in [-0.4, -0.2) is 33.2 Å². The van der Waals surface area contributed by atoms with Crippen molar-refractivity contribution in [3.8, 4) is 0 Å². The van der Waals surface area contributed by atoms with Gasteiger partial charge in [-0.3, -0.25) is 9.10 Å². The van der Waals surface area contributed by atoms with Gasteiger partial charge < -0.3 is 5.32 Å². The molecule has 0 spiro atoms. The lowest BCUT2D eigenvalue weighted by Crippen LogP contribution is -2.41. The maximum atomic E-state index is 13.3. The summed E-state index contributed by atoms with van der Waals surface area (Å²) < 4.78 is 40.6. The molecule has 0 saturated carbocycles. The number of nitrogens with one attached hydrogen (secondary N) is 1. The lowest BCUT2D eigenvalue weighted by atomic mass is 10.1. The number of nitrogens with zero attached hydrogens (tertiary/aromatic N) is 1. The molecule has 0 aromatic heterocycles. The number of amides is 1. The van der Waals surface area contributed by atoms with Crippen molar-refractivity contribution in [1.29, 1.82) is 0 Å². The first-order valence-corrected chi connectivity index (χ1v) is 12.7. The molecule has 8 heteroatoms. The predicted octanol–water partition coefficient (Wildman–Crippen LogP) is 4.38. The van der Waals surface area contributed by atoms with Gasteiger partial charge >= 0.3 is 0 Å². The van der Waals surface area contributed by atoms with E-state index in [2.05, 4.69) is 24.4 Å². The minimum atomic E-state index is -4.04. The molecule has 0 saturated heterocycles. The summed E-state index contributed by atoms with van der Waals surface area (Å²) in [5, 5.41) is 2.79. The molecule has 1 N–H and O–H groups in total. The van der Waals surface area contributed by atoms with E-state index in [1.165, 1.54) is 23.3 Å². The number of benzene rings is 3. The standard InChI is InChI=1S/C24H25FN2O3S2/c1-19-7-5-6-8-20(19)18-31-16-15-26-24(28)17-27(22-9-3-2-4-10-22)32(29,30)23-13-11-21(25)12-14-23/h2-14H,15-18H2,1H3,(H,26,28). The maximum absolute atomic E-state index is 13.3. The second kappa shape index (κ2) is 11.2. The molecule has 0 aliphatic heterocycles. The number of aryl methyl sites for hydroxylation is 1. The summed E-state index contributed by atoms with van der Waals surface area (Å²) in [4.78, 5) is 12.5. The summed E-state index contributed by atoms with van der Waals surface area (Å²) in [5.74, 6) is 0.612. The Bertz CT molecular complexity index is 1140. The average Bonchev–Trinajstić information content (AvgIpc) is 2.79. The van der Waals surface area contributed by atoms with Crippen molar-refractivity contribution >= 4 is 33.4 Å². The van der Waals surface area contributed by atoms with E-state index in [1.54, 1.807) is 42.1 Å². The average molecular weight is 473 g/mol. The topological polar surface area (TPSA) is 66.5 Å². The van der Waals surface area contributed by atoms with E-state index in [0.717, 1.165) is 22.2 Å². The smallest absolute Gasteiger partial charge is 0.264 e. The lowest BCUT2D eigenvalue weighted by molar-refractivity contribution is -0.119. The third-order valence-electron chi connectivity index (χ3n) is 4.82. The zero-order chi connectivity index (χ0) is 23.0. The molecule has 0 radical (unpaired) electrons. The van der Waals surface area contributed by atoms with Gasteiger partial charge in [-0.25, -0.2) is 12.8 Å². The summed E-state index contributed by atoms with van der Waals surface area (Å²) in [6.45, 7) is 2.12. The monoisotopic (exact) mass is 472 g/mol. The number of hydrogen-bond acceptors (Lipinski definition) is 4. The SMILES string of the molecule is Cc1ccccc1CSCCNC(=O)CN(c1ccccc1)S(=O)(=O)c1ccc(F)cc1. The van der Waals surface area contributed by atoms with Crippen LogP contribution in [-0.2, 0) is 20.6 Å². The summed E-state index contributed by atoms with van der Waals surface area (Å²) in [6, 6.07) is 21.1. The van der Waals surface area contributed by atoms with E-state index >= 15 is 0 Å². The molecule has 3 aromatic carbocycles. The lowest BCUT2D eigenvalue weighted by Gasteiger charge is -2.24. The Kier molecular flexibility index (Phi) is 8.30. The molecule has 0 aliphatic rings. The van der Waals surface area contributed by atoms with E-state index in [4.69, 9.17) is 0 Å². The highest BCUT2D eigenvalue weighted by molar-refractivity contribution is 7.98. The van der Waals surface area contributed by atoms with E-state index in [1.807, 2.05) is 12.1 Å². The summed E-state index contributed by atoms with van der Waals surface area (Å²) >= 11 is 1.70. The van der Waals surface area contributed by atoms with Crippen LogP contribution in [0.5, 0.6) is 0 Å². The Balaban J connectivity index is 1.62. The van der Waals surface area contributed by atoms with Gasteiger partial charge in [0, 0.05) is 18.1 Å². The zero-order valence-electron chi connectivity index (χ0n) is 17.7. The molecule has 5 nitrogen and oxygen atoms in total. The summed E-state index contributed by atoms with van der Waals surface area (Å²) in [5.41, 5.74) is 2.85. The molecule has 168 valence electrons. The Morgan fingerprint density at radius 1 is 0.969 bits per heavy atom. The Morgan fingerprint density at radius 2 is 1.62 bits per heavy atom. The van der Waals surface area contributed by atoms with Crippen molar-refractivity contribution in [2.75, 3.05) is 23.1 Å². The first-order valence-electron chi connectivity index (χ1n) is 10.1. The first-order chi connectivity index (χ1) is 15.4. The van der Waals surface area contributed by atoms with Gasteiger partial charge in [0.15, 0.2) is 0 Å². The molecule has 0 unspecified atom stereocenters. The zero-order valence-corrected chi connectivity index (χ0v) is 19.3. The van der Waals surface area contributed by atoms with E-state index in [0.29, 0.717) is 18.0 Å². The van der Waals surface area contributed by atoms with E-state index < -0.39 is 21.7 Å². The van der Waals surface area contributed by atoms with Crippen molar-refractivity contribution in [2.45, 2.75) is 17.6 Å². The quantitative estimate of drug-likeness (QED) is 0.445. The van der Waals surface area contributed by atoms with Crippen LogP contribution in [0.2, 0.25) is 0 Å². The van der Waals surface area contributed by atoms with Crippen molar-refractivity contribution in [3.63, 3.8) is 0 Å². The Morgan fingerprint density at radius 3 is 2.31 bits per heavy atom. The molecule has 0 bridgehead atoms. The number of rotatable bonds is 10. The molecule has 32 heavy (non-hydrogen) atoms. The fraction of sp³-hybridized carbons (Fsp3) is 0.208. The van der Waals surface area contributed by atoms with Crippen LogP contribution in [0.15, 0.2) is 83.8 Å². The third-order valence-corrected chi connectivity index (χ3v) is 7.62. The highest BCUT2D eigenvalue weighted by atomic mass is 32.2. The first kappa shape index (κ1) is 23.8. The number of carbonyl (C=O) groups excluding carboxylic acids is 1. The van der Waals surface area contributed by atoms with Crippen LogP contribution in [0, 0.1) is 12.7 Å². The predicted molar refractivity (Wildman–Crippen MR) is 128 cm³/mol. The van der Waals surface area contributed by atoms with Crippen molar-refractivity contribution in [1.82, 2.24) is 5.32 Å². The minimum Gasteiger partial charge on any atom is -0.354 e. The molecular weight excluding hydrogens is 447 g/mol. The van der Waals surface area contributed by atoms with Crippen LogP contribution < -0.4 is 9.62 Å². The molecule has 0 aliphatic carbocycles. The maximum Gasteiger partial charge on any atom is 0.264 e. The number of carbonyl (C=O) groups is 1. The Hall–Kier alpha value is -2.84. The fourth-order valence-electron chi connectivity index (χ4n) is 3.05. The largest absolute Gasteiger partial charge is 0.354 e. The number of thioether (sulfide) groups is 1. The van der Waals surface area contributed by atoms with Gasteiger partial charge in [0.25, 0.3) is 10.0 Å². The molecule has 0 atom stereocenters. The van der Waals surface area contributed by atoms with Gasteiger partial charge in [-0.05, 0) is 54.4 Å². The summed E-state index contributed by atoms with van der Waals surface area (Å²) in [7, 11) is -4.04. The second-order valence-corrected chi connectivity index (χ2v) is 10.1. The highest BCUT2D eigenvalue weighted by Gasteiger charge is 2.27. The van der Waals surface area contributed by atoms with Crippen molar-refractivity contribution in [2.24, 2.45) is 0 Å². The second-order valence-electron chi connectivity index (χ2n) is 7.13. The third kappa shape index (κ3) is 6.34. The molecule has 0 heterocycles. The number of sulfonamides is 1. The summed E-state index contributed by atoms with van der Waals surface area (Å²) in [6.07, 6.45) is 0. The van der Waals surface area contributed by atoms with E-state index in [9.17, 15) is 17.6 Å². The molecular formula is C24H25FN2O3S2. The molecule has 3 aromatic rings. The molecule has 3 rings (SSSR count). The normalized spacial score (nSPS) is 11.2. The van der Waals surface area contributed by atoms with Crippen LogP contribution in [0.3, 0.4) is 0 Å². The van der Waals surface area contributed by atoms with Gasteiger partial charge in [-0.2, -0.15) is 11.8 Å². The van der Waals surface area contributed by atoms with Gasteiger partial charge in [0.05, 0.1) is 10.6 Å². The van der Waals surface area contributed by atoms with Gasteiger partial charge in [0.1, 0.15) is 12.4 Å². The van der Waals surface area contributed by atoms with Crippen LogP contribution >= 0.6 is 11.8 Å². The molecule has 1 amide bonds. The van der Waals surface area contributed by atoms with Gasteiger partial charge in [-0.1, -0.05) is 42.5 Å². The number of para-hydroxylation sites is 1. The minimum absolute atomic E-state index is 0.0793. The van der Waals surface area contributed by atoms with Crippen LogP contribution in [0.1, 0.15) is 11.1 Å². The van der Waals surface area contributed by atoms with Gasteiger partial charge in [-0.15, -0.1) is 0 Å². The number of hydrogen-bond donors (Lipinski definition) is 1. The number of halogens is 1. The van der Waals surface area contributed by atoms with Crippen LogP contribution in [0.25, 0.3) is 0 Å². The number of anilines is 1.